The smallest absolute Gasteiger partial charge is 0.315 e. The van der Waals surface area contributed by atoms with E-state index in [1.165, 1.54) is 18.5 Å². The number of rotatable bonds is 6. The molecule has 8 nitrogen and oxygen atoms in total. The van der Waals surface area contributed by atoms with Crippen LogP contribution in [0.2, 0.25) is 5.02 Å². The molecule has 3 atom stereocenters. The summed E-state index contributed by atoms with van der Waals surface area (Å²) in [5.74, 6) is 0.350. The first-order valence-electron chi connectivity index (χ1n) is 11.2. The highest BCUT2D eigenvalue weighted by Gasteiger charge is 2.53. The number of hydrogen-bond acceptors (Lipinski definition) is 7. The third-order valence-corrected chi connectivity index (χ3v) is 8.29. The molecule has 36 heavy (non-hydrogen) atoms. The molecule has 1 saturated heterocycles. The Morgan fingerprint density at radius 1 is 0.944 bits per heavy atom. The van der Waals surface area contributed by atoms with Crippen molar-refractivity contribution in [1.29, 1.82) is 0 Å². The van der Waals surface area contributed by atoms with E-state index in [9.17, 15) is 13.5 Å². The van der Waals surface area contributed by atoms with Crippen LogP contribution in [0.25, 0.3) is 16.8 Å². The number of hydrogen-bond donors (Lipinski definition) is 1. The minimum Gasteiger partial charge on any atom is -0.508 e. The molecule has 4 aromatic rings. The van der Waals surface area contributed by atoms with Gasteiger partial charge in [0.1, 0.15) is 35.5 Å². The Morgan fingerprint density at radius 3 is 2.28 bits per heavy atom. The number of nitrogens with zero attached hydrogens (tertiary/aromatic N) is 3. The zero-order valence-corrected chi connectivity index (χ0v) is 20.3. The lowest BCUT2D eigenvalue weighted by Gasteiger charge is -2.24. The number of aromatic hydroxyl groups is 1. The minimum atomic E-state index is -4.02. The van der Waals surface area contributed by atoms with Crippen molar-refractivity contribution in [2.45, 2.75) is 23.9 Å². The number of fused-ring (bicyclic) bond motifs is 2. The largest absolute Gasteiger partial charge is 0.508 e. The second-order valence-electron chi connectivity index (χ2n) is 8.61. The Balaban J connectivity index is 1.40. The highest BCUT2D eigenvalue weighted by atomic mass is 35.5. The number of phenolic OH excluding ortho intramolecular Hbond substituents is 1. The van der Waals surface area contributed by atoms with Crippen molar-refractivity contribution in [2.75, 3.05) is 0 Å². The molecule has 2 aliphatic heterocycles. The molecule has 1 aromatic heterocycles. The van der Waals surface area contributed by atoms with Crippen molar-refractivity contribution in [3.05, 3.63) is 102 Å². The third kappa shape index (κ3) is 4.05. The number of halogens is 1. The SMILES string of the molecule is O=S(=O)(Oc1ccc(Cl)cc1)C1CC2OC1C(c1ccc(-n3cncn3)cc1)=C2c1ccc(O)cc1. The summed E-state index contributed by atoms with van der Waals surface area (Å²) < 4.78 is 40.0. The van der Waals surface area contributed by atoms with Crippen LogP contribution in [0.3, 0.4) is 0 Å². The summed E-state index contributed by atoms with van der Waals surface area (Å²) in [5.41, 5.74) is 4.22. The molecule has 3 heterocycles. The molecule has 3 aromatic carbocycles. The zero-order valence-electron chi connectivity index (χ0n) is 18.7. The van der Waals surface area contributed by atoms with E-state index in [1.54, 1.807) is 35.3 Å². The highest BCUT2D eigenvalue weighted by molar-refractivity contribution is 7.87. The first-order valence-corrected chi connectivity index (χ1v) is 13.1. The maximum absolute atomic E-state index is 13.3. The molecule has 1 N–H and O–H groups in total. The van der Waals surface area contributed by atoms with Crippen molar-refractivity contribution in [3.63, 3.8) is 0 Å². The maximum atomic E-state index is 13.3. The lowest BCUT2D eigenvalue weighted by Crippen LogP contribution is -2.35. The van der Waals surface area contributed by atoms with Gasteiger partial charge >= 0.3 is 10.1 Å². The molecule has 10 heteroatoms. The maximum Gasteiger partial charge on any atom is 0.315 e. The lowest BCUT2D eigenvalue weighted by molar-refractivity contribution is 0.128. The Kier molecular flexibility index (Phi) is 5.55. The van der Waals surface area contributed by atoms with E-state index in [4.69, 9.17) is 20.5 Å². The minimum absolute atomic E-state index is 0.152. The van der Waals surface area contributed by atoms with E-state index in [0.717, 1.165) is 28.0 Å². The van der Waals surface area contributed by atoms with Gasteiger partial charge in [0.05, 0.1) is 11.8 Å². The van der Waals surface area contributed by atoms with Crippen LogP contribution in [0.1, 0.15) is 17.5 Å². The van der Waals surface area contributed by atoms with Crippen LogP contribution < -0.4 is 4.18 Å². The molecule has 0 spiro atoms. The summed E-state index contributed by atoms with van der Waals surface area (Å²) in [7, 11) is -4.02. The third-order valence-electron chi connectivity index (χ3n) is 6.43. The predicted octanol–water partition coefficient (Wildman–Crippen LogP) is 4.49. The quantitative estimate of drug-likeness (QED) is 0.373. The number of benzene rings is 3. The van der Waals surface area contributed by atoms with Gasteiger partial charge in [-0.05, 0) is 70.8 Å². The molecule has 6 rings (SSSR count). The van der Waals surface area contributed by atoms with Gasteiger partial charge in [0.15, 0.2) is 0 Å². The zero-order chi connectivity index (χ0) is 24.9. The van der Waals surface area contributed by atoms with E-state index in [-0.39, 0.29) is 17.9 Å². The van der Waals surface area contributed by atoms with Gasteiger partial charge in [-0.3, -0.25) is 0 Å². The van der Waals surface area contributed by atoms with E-state index in [2.05, 4.69) is 10.1 Å². The topological polar surface area (TPSA) is 104 Å². The first kappa shape index (κ1) is 22.8. The predicted molar refractivity (Wildman–Crippen MR) is 134 cm³/mol. The molecular formula is C26H20ClN3O5S. The van der Waals surface area contributed by atoms with Crippen molar-refractivity contribution < 1.29 is 22.4 Å². The van der Waals surface area contributed by atoms with Crippen LogP contribution in [0.15, 0.2) is 85.5 Å². The highest BCUT2D eigenvalue weighted by Crippen LogP contribution is 2.51. The normalized spacial score (nSPS) is 21.2. The Labute approximate surface area is 212 Å². The van der Waals surface area contributed by atoms with Gasteiger partial charge in [0, 0.05) is 11.4 Å². The van der Waals surface area contributed by atoms with Crippen molar-refractivity contribution >= 4 is 32.9 Å². The summed E-state index contributed by atoms with van der Waals surface area (Å²) in [5, 5.41) is 13.5. The Bertz CT molecular complexity index is 1530. The van der Waals surface area contributed by atoms with E-state index < -0.39 is 27.6 Å². The second-order valence-corrected chi connectivity index (χ2v) is 10.8. The van der Waals surface area contributed by atoms with E-state index in [1.807, 2.05) is 36.4 Å². The van der Waals surface area contributed by atoms with Crippen molar-refractivity contribution in [2.24, 2.45) is 0 Å². The van der Waals surface area contributed by atoms with Crippen LogP contribution in [0, 0.1) is 0 Å². The fourth-order valence-electron chi connectivity index (χ4n) is 4.81. The number of aromatic nitrogens is 3. The number of ether oxygens (including phenoxy) is 1. The van der Waals surface area contributed by atoms with Gasteiger partial charge in [-0.2, -0.15) is 13.5 Å². The van der Waals surface area contributed by atoms with Gasteiger partial charge in [-0.25, -0.2) is 9.67 Å². The van der Waals surface area contributed by atoms with Crippen molar-refractivity contribution in [1.82, 2.24) is 14.8 Å². The first-order chi connectivity index (χ1) is 17.4. The van der Waals surface area contributed by atoms with Crippen LogP contribution in [-0.2, 0) is 14.9 Å². The van der Waals surface area contributed by atoms with Gasteiger partial charge in [-0.15, -0.1) is 0 Å². The van der Waals surface area contributed by atoms with E-state index >= 15 is 0 Å². The average Bonchev–Trinajstić information content (AvgIpc) is 3.63. The van der Waals surface area contributed by atoms with Crippen LogP contribution in [0.5, 0.6) is 11.5 Å². The van der Waals surface area contributed by atoms with E-state index in [0.29, 0.717) is 5.02 Å². The standard InChI is InChI=1S/C26H20ClN3O5S/c27-18-5-11-21(12-6-18)35-36(32,33)23-13-22-24(16-3-9-20(31)10-4-16)25(26(23)34-22)17-1-7-19(8-2-17)30-15-28-14-29-30/h1-12,14-15,22-23,26,31H,13H2. The fourth-order valence-corrected chi connectivity index (χ4v) is 6.36. The Morgan fingerprint density at radius 2 is 1.61 bits per heavy atom. The molecule has 0 saturated carbocycles. The average molecular weight is 522 g/mol. The fraction of sp³-hybridized carbons (Fsp3) is 0.154. The van der Waals surface area contributed by atoms with Gasteiger partial charge in [0.2, 0.25) is 0 Å². The van der Waals surface area contributed by atoms with Gasteiger partial charge in [0.25, 0.3) is 0 Å². The van der Waals surface area contributed by atoms with Crippen LogP contribution >= 0.6 is 11.6 Å². The van der Waals surface area contributed by atoms with Gasteiger partial charge < -0.3 is 14.0 Å². The van der Waals surface area contributed by atoms with Crippen molar-refractivity contribution in [3.8, 4) is 17.2 Å². The molecule has 0 radical (unpaired) electrons. The summed E-state index contributed by atoms with van der Waals surface area (Å²) in [6.07, 6.45) is 2.18. The monoisotopic (exact) mass is 521 g/mol. The molecule has 1 fully saturated rings. The van der Waals surface area contributed by atoms with Gasteiger partial charge in [-0.1, -0.05) is 35.9 Å². The summed E-state index contributed by atoms with van der Waals surface area (Å²) in [4.78, 5) is 3.98. The Hall–Kier alpha value is -3.66. The molecular weight excluding hydrogens is 502 g/mol. The molecule has 0 aliphatic carbocycles. The molecule has 3 unspecified atom stereocenters. The second kappa shape index (κ2) is 8.77. The molecule has 2 bridgehead atoms. The van der Waals surface area contributed by atoms with Crippen LogP contribution in [0.4, 0.5) is 0 Å². The molecule has 182 valence electrons. The summed E-state index contributed by atoms with van der Waals surface area (Å²) in [6.45, 7) is 0. The summed E-state index contributed by atoms with van der Waals surface area (Å²) in [6, 6.07) is 20.7. The lowest BCUT2D eigenvalue weighted by atomic mass is 9.83. The summed E-state index contributed by atoms with van der Waals surface area (Å²) >= 11 is 5.92. The van der Waals surface area contributed by atoms with Crippen LogP contribution in [-0.4, -0.2) is 45.7 Å². The number of phenols is 1. The molecule has 2 aliphatic rings. The molecule has 0 amide bonds.